The lowest BCUT2D eigenvalue weighted by molar-refractivity contribution is 0.756. The van der Waals surface area contributed by atoms with Crippen molar-refractivity contribution < 1.29 is 0 Å². The lowest BCUT2D eigenvalue weighted by Crippen LogP contribution is -1.97. The normalized spacial score (nSPS) is 10.4. The van der Waals surface area contributed by atoms with Gasteiger partial charge in [-0.15, -0.1) is 0 Å². The van der Waals surface area contributed by atoms with Gasteiger partial charge in [0.2, 0.25) is 0 Å². The van der Waals surface area contributed by atoms with E-state index in [2.05, 4.69) is 11.4 Å². The Bertz CT molecular complexity index is 69.3. The first-order valence-corrected chi connectivity index (χ1v) is 3.44. The fourth-order valence-corrected chi connectivity index (χ4v) is 0.608. The fourth-order valence-electron chi connectivity index (χ4n) is 0.608. The zero-order chi connectivity index (χ0) is 6.95. The van der Waals surface area contributed by atoms with Crippen LogP contribution in [0, 0.1) is 0 Å². The third kappa shape index (κ3) is 7.50. The van der Waals surface area contributed by atoms with Crippen molar-refractivity contribution in [2.75, 3.05) is 13.6 Å². The summed E-state index contributed by atoms with van der Waals surface area (Å²) in [5.74, 6) is 0. The molecule has 0 bridgehead atoms. The molecule has 2 nitrogen and oxygen atoms in total. The number of rotatable bonds is 5. The van der Waals surface area contributed by atoms with Crippen molar-refractivity contribution in [1.82, 2.24) is 5.32 Å². The van der Waals surface area contributed by atoms with Crippen LogP contribution in [0.3, 0.4) is 0 Å². The molecular weight excluding hydrogens is 112 g/mol. The lowest BCUT2D eigenvalue weighted by Gasteiger charge is -1.90. The van der Waals surface area contributed by atoms with Gasteiger partial charge in [0, 0.05) is 7.05 Å². The molecule has 0 saturated heterocycles. The van der Waals surface area contributed by atoms with Crippen LogP contribution in [0.5, 0.6) is 0 Å². The molecule has 0 atom stereocenters. The van der Waals surface area contributed by atoms with Crippen LogP contribution >= 0.6 is 0 Å². The van der Waals surface area contributed by atoms with Crippen molar-refractivity contribution in [3.8, 4) is 0 Å². The number of hydrogen-bond acceptors (Lipinski definition) is 2. The highest BCUT2D eigenvalue weighted by molar-refractivity contribution is 4.77. The van der Waals surface area contributed by atoms with Gasteiger partial charge in [0.25, 0.3) is 0 Å². The van der Waals surface area contributed by atoms with Gasteiger partial charge in [-0.3, -0.25) is 0 Å². The Morgan fingerprint density at radius 1 is 1.44 bits per heavy atom. The molecule has 54 valence electrons. The van der Waals surface area contributed by atoms with E-state index in [-0.39, 0.29) is 0 Å². The second-order valence-corrected chi connectivity index (χ2v) is 1.98. The molecule has 0 amide bonds. The first-order chi connectivity index (χ1) is 4.41. The molecule has 9 heavy (non-hydrogen) atoms. The summed E-state index contributed by atoms with van der Waals surface area (Å²) in [7, 11) is 1.90. The quantitative estimate of drug-likeness (QED) is 0.539. The van der Waals surface area contributed by atoms with Crippen LogP contribution in [-0.4, -0.2) is 13.6 Å². The molecule has 0 aromatic rings. The molecule has 0 aromatic heterocycles. The molecule has 0 unspecified atom stereocenters. The Hall–Kier alpha value is -0.500. The average molecular weight is 128 g/mol. The Labute approximate surface area is 57.1 Å². The van der Waals surface area contributed by atoms with Crippen molar-refractivity contribution in [2.45, 2.75) is 19.3 Å². The molecule has 0 spiro atoms. The van der Waals surface area contributed by atoms with Crippen molar-refractivity contribution in [1.29, 1.82) is 0 Å². The fraction of sp³-hybridized carbons (Fsp3) is 0.714. The Morgan fingerprint density at radius 2 is 2.22 bits per heavy atom. The summed E-state index contributed by atoms with van der Waals surface area (Å²) in [6, 6.07) is 0. The minimum Gasteiger partial charge on any atom is -0.394 e. The van der Waals surface area contributed by atoms with Gasteiger partial charge in [-0.2, -0.15) is 0 Å². The van der Waals surface area contributed by atoms with Crippen molar-refractivity contribution >= 4 is 0 Å². The number of nitrogens with two attached hydrogens (primary N) is 1. The zero-order valence-electron chi connectivity index (χ0n) is 6.06. The summed E-state index contributed by atoms with van der Waals surface area (Å²) in [6.07, 6.45) is 7.55. The minimum atomic E-state index is 0.813. The molecule has 0 saturated carbocycles. The third-order valence-corrected chi connectivity index (χ3v) is 1.11. The lowest BCUT2D eigenvalue weighted by atomic mass is 10.2. The van der Waals surface area contributed by atoms with Gasteiger partial charge in [-0.1, -0.05) is 6.08 Å². The highest BCUT2D eigenvalue weighted by atomic mass is 14.8. The van der Waals surface area contributed by atoms with Crippen molar-refractivity contribution in [2.24, 2.45) is 5.73 Å². The Balaban J connectivity index is 2.82. The van der Waals surface area contributed by atoms with E-state index >= 15 is 0 Å². The maximum atomic E-state index is 5.30. The second kappa shape index (κ2) is 7.50. The van der Waals surface area contributed by atoms with E-state index in [1.807, 2.05) is 13.2 Å². The van der Waals surface area contributed by atoms with Crippen LogP contribution < -0.4 is 11.1 Å². The van der Waals surface area contributed by atoms with Crippen LogP contribution in [0.4, 0.5) is 0 Å². The predicted molar refractivity (Wildman–Crippen MR) is 41.1 cm³/mol. The van der Waals surface area contributed by atoms with Gasteiger partial charge in [0.1, 0.15) is 0 Å². The van der Waals surface area contributed by atoms with Gasteiger partial charge in [-0.05, 0) is 32.0 Å². The van der Waals surface area contributed by atoms with Crippen LogP contribution in [0.1, 0.15) is 19.3 Å². The van der Waals surface area contributed by atoms with Crippen LogP contribution in [0.15, 0.2) is 12.3 Å². The summed E-state index contributed by atoms with van der Waals surface area (Å²) >= 11 is 0. The van der Waals surface area contributed by atoms with E-state index in [9.17, 15) is 0 Å². The largest absolute Gasteiger partial charge is 0.394 e. The number of allylic oxidation sites excluding steroid dienone is 1. The molecule has 0 radical (unpaired) electrons. The van der Waals surface area contributed by atoms with Gasteiger partial charge in [-0.25, -0.2) is 0 Å². The first kappa shape index (κ1) is 8.50. The summed E-state index contributed by atoms with van der Waals surface area (Å²) in [6.45, 7) is 0.813. The maximum Gasteiger partial charge on any atom is 0.00276 e. The molecule has 0 aliphatic rings. The van der Waals surface area contributed by atoms with Crippen molar-refractivity contribution in [3.63, 3.8) is 0 Å². The van der Waals surface area contributed by atoms with E-state index in [0.29, 0.717) is 0 Å². The topological polar surface area (TPSA) is 38.0 Å². The van der Waals surface area contributed by atoms with E-state index < -0.39 is 0 Å². The number of hydrogen-bond donors (Lipinski definition) is 2. The monoisotopic (exact) mass is 128 g/mol. The van der Waals surface area contributed by atoms with E-state index in [1.165, 1.54) is 6.42 Å². The van der Waals surface area contributed by atoms with Crippen LogP contribution in [-0.2, 0) is 0 Å². The highest BCUT2D eigenvalue weighted by Crippen LogP contribution is 1.92. The molecule has 0 heterocycles. The van der Waals surface area contributed by atoms with E-state index in [4.69, 9.17) is 5.73 Å². The molecule has 0 fully saturated rings. The third-order valence-electron chi connectivity index (χ3n) is 1.11. The Kier molecular flexibility index (Phi) is 7.08. The summed E-state index contributed by atoms with van der Waals surface area (Å²) < 4.78 is 0. The van der Waals surface area contributed by atoms with E-state index in [0.717, 1.165) is 19.4 Å². The number of unbranched alkanes of at least 4 members (excludes halogenated alkanes) is 2. The minimum absolute atomic E-state index is 0.813. The summed E-state index contributed by atoms with van der Waals surface area (Å²) in [4.78, 5) is 0. The SMILES string of the molecule is CN/C=C\CCCCN. The molecule has 0 aromatic carbocycles. The molecule has 0 rings (SSSR count). The highest BCUT2D eigenvalue weighted by Gasteiger charge is 1.79. The molecular formula is C7H16N2. The first-order valence-electron chi connectivity index (χ1n) is 3.44. The second-order valence-electron chi connectivity index (χ2n) is 1.98. The predicted octanol–water partition coefficient (Wildman–Crippen LogP) is 0.848. The van der Waals surface area contributed by atoms with Gasteiger partial charge < -0.3 is 11.1 Å². The van der Waals surface area contributed by atoms with E-state index in [1.54, 1.807) is 0 Å². The smallest absolute Gasteiger partial charge is 0.00276 e. The standard InChI is InChI=1S/C7H16N2/c1-9-7-5-3-2-4-6-8/h5,7,9H,2-4,6,8H2,1H3/b7-5-. The van der Waals surface area contributed by atoms with Crippen molar-refractivity contribution in [3.05, 3.63) is 12.3 Å². The average Bonchev–Trinajstić information content (AvgIpc) is 1.89. The van der Waals surface area contributed by atoms with Crippen LogP contribution in [0.2, 0.25) is 0 Å². The summed E-state index contributed by atoms with van der Waals surface area (Å²) in [5, 5.41) is 2.93. The van der Waals surface area contributed by atoms with Crippen LogP contribution in [0.25, 0.3) is 0 Å². The number of nitrogens with one attached hydrogen (secondary N) is 1. The molecule has 2 heteroatoms. The molecule has 0 aliphatic carbocycles. The Morgan fingerprint density at radius 3 is 2.78 bits per heavy atom. The van der Waals surface area contributed by atoms with Gasteiger partial charge in [0.15, 0.2) is 0 Å². The molecule has 3 N–H and O–H groups in total. The maximum absolute atomic E-state index is 5.30. The van der Waals surface area contributed by atoms with Gasteiger partial charge in [0.05, 0.1) is 0 Å². The molecule has 0 aliphatic heterocycles. The zero-order valence-corrected chi connectivity index (χ0v) is 6.06. The summed E-state index contributed by atoms with van der Waals surface area (Å²) in [5.41, 5.74) is 5.30. The van der Waals surface area contributed by atoms with Gasteiger partial charge >= 0.3 is 0 Å².